The standard InChI is InChI=1S/C21H18N6O5S3/c1-32-25-14(13-9-35-21(22)23-13)17(28)24-15-18(29)27-16(20(30)31)12(8-34-19(15)27)5-26-3-2-10-6-33-7-11(10)4-26/h2-4,6-7,9,15,19H,5,8H2,1H3,(H3-,22,23,24,28,30,31)/p+1/b25-14+. The number of amides is 2. The normalized spacial score (nSPS) is 20.0. The maximum atomic E-state index is 13.0. The lowest BCUT2D eigenvalue weighted by molar-refractivity contribution is -0.687. The zero-order valence-corrected chi connectivity index (χ0v) is 20.7. The molecule has 5 rings (SSSR count). The molecule has 4 N–H and O–H groups in total. The molecule has 1 saturated heterocycles. The number of nitrogen functional groups attached to an aromatic ring is 1. The minimum absolute atomic E-state index is 0.0415. The molecule has 0 bridgehead atoms. The Hall–Kier alpha value is -3.49. The molecule has 2 aliphatic heterocycles. The van der Waals surface area contributed by atoms with Gasteiger partial charge < -0.3 is 21.0 Å². The van der Waals surface area contributed by atoms with E-state index >= 15 is 0 Å². The minimum atomic E-state index is -1.18. The van der Waals surface area contributed by atoms with Crippen molar-refractivity contribution in [2.75, 3.05) is 18.6 Å². The van der Waals surface area contributed by atoms with Gasteiger partial charge in [-0.3, -0.25) is 14.5 Å². The number of carboxylic acid groups (broad SMARTS) is 1. The molecule has 0 radical (unpaired) electrons. The first-order chi connectivity index (χ1) is 16.9. The van der Waals surface area contributed by atoms with Gasteiger partial charge >= 0.3 is 5.97 Å². The Balaban J connectivity index is 1.36. The van der Waals surface area contributed by atoms with Crippen LogP contribution in [-0.2, 0) is 25.8 Å². The summed E-state index contributed by atoms with van der Waals surface area (Å²) in [4.78, 5) is 48.1. The van der Waals surface area contributed by atoms with Crippen molar-refractivity contribution in [3.05, 3.63) is 51.6 Å². The molecular weight excluding hydrogens is 512 g/mol. The Kier molecular flexibility index (Phi) is 6.17. The fraction of sp³-hybridized carbons (Fsp3) is 0.238. The first kappa shape index (κ1) is 23.3. The van der Waals surface area contributed by atoms with Crippen molar-refractivity contribution in [3.63, 3.8) is 0 Å². The number of aromatic nitrogens is 2. The molecule has 0 spiro atoms. The summed E-state index contributed by atoms with van der Waals surface area (Å²) in [5.74, 6) is -1.95. The summed E-state index contributed by atoms with van der Waals surface area (Å²) in [6.45, 7) is 0.337. The molecule has 0 aromatic carbocycles. The number of aliphatic carboxylic acids is 1. The number of oxime groups is 1. The number of pyridine rings is 1. The minimum Gasteiger partial charge on any atom is -0.477 e. The van der Waals surface area contributed by atoms with Crippen LogP contribution in [0.1, 0.15) is 5.69 Å². The first-order valence-electron chi connectivity index (χ1n) is 10.3. The number of β-lactam (4-membered cyclic amide) rings is 1. The molecule has 0 aliphatic carbocycles. The molecule has 1 fully saturated rings. The molecule has 180 valence electrons. The van der Waals surface area contributed by atoms with E-state index in [0.717, 1.165) is 22.1 Å². The van der Waals surface area contributed by atoms with Gasteiger partial charge in [0.1, 0.15) is 29.9 Å². The van der Waals surface area contributed by atoms with E-state index in [9.17, 15) is 19.5 Å². The third kappa shape index (κ3) is 4.24. The Morgan fingerprint density at radius 3 is 2.89 bits per heavy atom. The number of thioether (sulfide) groups is 1. The van der Waals surface area contributed by atoms with Crippen LogP contribution in [0.2, 0.25) is 0 Å². The summed E-state index contributed by atoms with van der Waals surface area (Å²) in [7, 11) is 1.29. The van der Waals surface area contributed by atoms with E-state index in [1.165, 1.54) is 23.8 Å². The maximum Gasteiger partial charge on any atom is 0.352 e. The van der Waals surface area contributed by atoms with Gasteiger partial charge in [-0.05, 0) is 5.38 Å². The van der Waals surface area contributed by atoms with Crippen LogP contribution in [-0.4, -0.2) is 62.8 Å². The van der Waals surface area contributed by atoms with Crippen LogP contribution in [0, 0.1) is 0 Å². The first-order valence-corrected chi connectivity index (χ1v) is 13.1. The maximum absolute atomic E-state index is 13.0. The molecule has 2 amide bonds. The second kappa shape index (κ2) is 9.28. The second-order valence-corrected chi connectivity index (χ2v) is 10.4. The number of hydrogen-bond acceptors (Lipinski definition) is 10. The predicted molar refractivity (Wildman–Crippen MR) is 132 cm³/mol. The average molecular weight is 532 g/mol. The Bertz CT molecular complexity index is 1410. The van der Waals surface area contributed by atoms with Crippen molar-refractivity contribution >= 4 is 73.8 Å². The Morgan fingerprint density at radius 2 is 2.17 bits per heavy atom. The summed E-state index contributed by atoms with van der Waals surface area (Å²) in [6, 6.07) is 1.07. The average Bonchev–Trinajstić information content (AvgIpc) is 3.48. The topological polar surface area (TPSA) is 151 Å². The highest BCUT2D eigenvalue weighted by molar-refractivity contribution is 8.00. The van der Waals surface area contributed by atoms with Crippen LogP contribution in [0.5, 0.6) is 0 Å². The summed E-state index contributed by atoms with van der Waals surface area (Å²) >= 11 is 4.13. The van der Waals surface area contributed by atoms with Gasteiger partial charge in [0.05, 0.1) is 5.39 Å². The number of thiophene rings is 1. The summed E-state index contributed by atoms with van der Waals surface area (Å²) in [6.07, 6.45) is 3.85. The van der Waals surface area contributed by atoms with E-state index in [4.69, 9.17) is 10.6 Å². The lowest BCUT2D eigenvalue weighted by Gasteiger charge is -2.49. The van der Waals surface area contributed by atoms with Crippen molar-refractivity contribution in [2.24, 2.45) is 5.16 Å². The second-order valence-electron chi connectivity index (χ2n) is 7.71. The van der Waals surface area contributed by atoms with Gasteiger partial charge in [0.15, 0.2) is 29.8 Å². The van der Waals surface area contributed by atoms with Crippen LogP contribution in [0.25, 0.3) is 10.8 Å². The van der Waals surface area contributed by atoms with Crippen molar-refractivity contribution in [2.45, 2.75) is 18.0 Å². The van der Waals surface area contributed by atoms with E-state index in [1.54, 1.807) is 16.7 Å². The van der Waals surface area contributed by atoms with E-state index in [2.05, 4.69) is 15.5 Å². The zero-order valence-electron chi connectivity index (χ0n) is 18.2. The summed E-state index contributed by atoms with van der Waals surface area (Å²) < 4.78 is 1.91. The number of fused-ring (bicyclic) bond motifs is 2. The van der Waals surface area contributed by atoms with Crippen LogP contribution < -0.4 is 15.6 Å². The highest BCUT2D eigenvalue weighted by Crippen LogP contribution is 2.40. The predicted octanol–water partition coefficient (Wildman–Crippen LogP) is 1.02. The van der Waals surface area contributed by atoms with Crippen molar-refractivity contribution < 1.29 is 28.9 Å². The van der Waals surface area contributed by atoms with Crippen LogP contribution in [0.4, 0.5) is 5.13 Å². The quantitative estimate of drug-likeness (QED) is 0.177. The number of carbonyl (C=O) groups excluding carboxylic acids is 2. The van der Waals surface area contributed by atoms with Gasteiger partial charge in [-0.15, -0.1) is 23.1 Å². The highest BCUT2D eigenvalue weighted by atomic mass is 32.2. The van der Waals surface area contributed by atoms with Crippen LogP contribution >= 0.6 is 34.4 Å². The smallest absolute Gasteiger partial charge is 0.352 e. The molecule has 11 nitrogen and oxygen atoms in total. The number of anilines is 1. The molecule has 2 unspecified atom stereocenters. The van der Waals surface area contributed by atoms with Crippen molar-refractivity contribution in [3.8, 4) is 0 Å². The van der Waals surface area contributed by atoms with Crippen molar-refractivity contribution in [1.29, 1.82) is 0 Å². The monoisotopic (exact) mass is 531 g/mol. The van der Waals surface area contributed by atoms with E-state index < -0.39 is 29.2 Å². The third-order valence-electron chi connectivity index (χ3n) is 5.55. The summed E-state index contributed by atoms with van der Waals surface area (Å²) in [5.41, 5.74) is 6.33. The Morgan fingerprint density at radius 1 is 1.37 bits per heavy atom. The zero-order chi connectivity index (χ0) is 24.7. The summed E-state index contributed by atoms with van der Waals surface area (Å²) in [5, 5.41) is 23.8. The van der Waals surface area contributed by atoms with E-state index in [0.29, 0.717) is 17.9 Å². The molecule has 5 heterocycles. The molecule has 3 aromatic rings. The fourth-order valence-electron chi connectivity index (χ4n) is 3.98. The molecule has 2 atom stereocenters. The number of hydrogen-bond donors (Lipinski definition) is 3. The van der Waals surface area contributed by atoms with Gasteiger partial charge in [-0.2, -0.15) is 11.3 Å². The van der Waals surface area contributed by atoms with Gasteiger partial charge in [-0.25, -0.2) is 14.3 Å². The SMILES string of the molecule is CO/N=C(/C(=O)NC1C(=O)N2C(C(=O)O)=C(C[n+]3ccc4cscc4c3)CSC12)c1csc(N)n1. The molecule has 2 aliphatic rings. The molecule has 14 heteroatoms. The number of rotatable bonds is 7. The number of nitrogens with two attached hydrogens (primary N) is 1. The van der Waals surface area contributed by atoms with Gasteiger partial charge in [0.25, 0.3) is 11.8 Å². The molecule has 0 saturated carbocycles. The van der Waals surface area contributed by atoms with E-state index in [1.807, 2.05) is 33.8 Å². The number of carboxylic acids is 1. The highest BCUT2D eigenvalue weighted by Gasteiger charge is 2.54. The third-order valence-corrected chi connectivity index (χ3v) is 8.34. The van der Waals surface area contributed by atoms with Gasteiger partial charge in [0.2, 0.25) is 0 Å². The lowest BCUT2D eigenvalue weighted by atomic mass is 10.0. The van der Waals surface area contributed by atoms with Crippen molar-refractivity contribution in [1.82, 2.24) is 15.2 Å². The lowest BCUT2D eigenvalue weighted by Crippen LogP contribution is -2.71. The fourth-order valence-corrected chi connectivity index (χ4v) is 6.64. The van der Waals surface area contributed by atoms with Gasteiger partial charge in [-0.1, -0.05) is 5.16 Å². The number of thiazole rings is 1. The number of nitrogens with zero attached hydrogens (tertiary/aromatic N) is 4. The van der Waals surface area contributed by atoms with Crippen LogP contribution in [0.15, 0.2) is 51.0 Å². The van der Waals surface area contributed by atoms with E-state index in [-0.39, 0.29) is 22.2 Å². The Labute approximate surface area is 210 Å². The largest absolute Gasteiger partial charge is 0.477 e. The molecule has 3 aromatic heterocycles. The molecule has 35 heavy (non-hydrogen) atoms. The molecular formula is C21H19N6O5S3+. The number of nitrogens with one attached hydrogen (secondary N) is 1. The van der Waals surface area contributed by atoms with Gasteiger partial charge in [0, 0.05) is 33.5 Å². The number of carbonyl (C=O) groups is 3. The van der Waals surface area contributed by atoms with Crippen LogP contribution in [0.3, 0.4) is 0 Å².